The number of carbonyl (C=O) groups excluding carboxylic acids is 1. The first-order chi connectivity index (χ1) is 14.8. The molecule has 0 N–H and O–H groups in total. The highest BCUT2D eigenvalue weighted by Crippen LogP contribution is 2.27. The van der Waals surface area contributed by atoms with E-state index in [2.05, 4.69) is 4.98 Å². The highest BCUT2D eigenvalue weighted by atomic mass is 32.2. The molecule has 0 saturated carbocycles. The molecule has 3 aromatic rings. The van der Waals surface area contributed by atoms with Crippen molar-refractivity contribution in [2.75, 3.05) is 13.1 Å². The third-order valence-corrected chi connectivity index (χ3v) is 8.30. The second-order valence-corrected chi connectivity index (χ2v) is 10.5. The average Bonchev–Trinajstić information content (AvgIpc) is 3.46. The monoisotopic (exact) mass is 460 g/mol. The van der Waals surface area contributed by atoms with Crippen LogP contribution < -0.4 is 0 Å². The van der Waals surface area contributed by atoms with Gasteiger partial charge in [0.15, 0.2) is 0 Å². The largest absolute Gasteiger partial charge is 0.459 e. The summed E-state index contributed by atoms with van der Waals surface area (Å²) in [5.41, 5.74) is 2.54. The van der Waals surface area contributed by atoms with Crippen molar-refractivity contribution in [1.82, 2.24) is 9.29 Å². The molecule has 9 heteroatoms. The van der Waals surface area contributed by atoms with E-state index in [1.165, 1.54) is 21.9 Å². The number of aromatic nitrogens is 1. The van der Waals surface area contributed by atoms with E-state index in [0.717, 1.165) is 16.0 Å². The van der Waals surface area contributed by atoms with Gasteiger partial charge in [0.2, 0.25) is 15.9 Å². The number of hydrogen-bond acceptors (Lipinski definition) is 7. The molecule has 2 aromatic heterocycles. The van der Waals surface area contributed by atoms with Crippen molar-refractivity contribution in [1.29, 1.82) is 0 Å². The van der Waals surface area contributed by atoms with Crippen LogP contribution in [-0.2, 0) is 26.2 Å². The highest BCUT2D eigenvalue weighted by molar-refractivity contribution is 7.89. The van der Waals surface area contributed by atoms with Gasteiger partial charge < -0.3 is 9.15 Å². The van der Waals surface area contributed by atoms with Gasteiger partial charge in [-0.3, -0.25) is 4.79 Å². The van der Waals surface area contributed by atoms with Crippen molar-refractivity contribution in [3.05, 3.63) is 58.8 Å². The van der Waals surface area contributed by atoms with Gasteiger partial charge in [0.05, 0.1) is 15.7 Å². The summed E-state index contributed by atoms with van der Waals surface area (Å²) in [6.45, 7) is 4.47. The fraction of sp³-hybridized carbons (Fsp3) is 0.364. The quantitative estimate of drug-likeness (QED) is 0.513. The molecule has 31 heavy (non-hydrogen) atoms. The molecule has 4 rings (SSSR count). The number of piperidine rings is 1. The Hall–Kier alpha value is -2.49. The lowest BCUT2D eigenvalue weighted by molar-refractivity contribution is -0.151. The lowest BCUT2D eigenvalue weighted by Crippen LogP contribution is -2.40. The summed E-state index contributed by atoms with van der Waals surface area (Å²) in [5, 5.41) is 1.94. The summed E-state index contributed by atoms with van der Waals surface area (Å²) in [4.78, 5) is 18.0. The molecule has 7 nitrogen and oxygen atoms in total. The molecule has 0 atom stereocenters. The topological polar surface area (TPSA) is 89.7 Å². The standard InChI is InChI=1S/C22H24N2O5S2/c1-15-5-6-19(12-16(15)2)31(26,27)24-9-7-17(8-10-24)22(25)29-14-18-13-28-21(23-18)20-4-3-11-30-20/h3-6,11-13,17H,7-10,14H2,1-2H3. The lowest BCUT2D eigenvalue weighted by atomic mass is 9.98. The first-order valence-electron chi connectivity index (χ1n) is 10.1. The molecule has 0 spiro atoms. The average molecular weight is 461 g/mol. The van der Waals surface area contributed by atoms with E-state index in [0.29, 0.717) is 42.4 Å². The van der Waals surface area contributed by atoms with Gasteiger partial charge in [-0.2, -0.15) is 4.31 Å². The van der Waals surface area contributed by atoms with Crippen molar-refractivity contribution >= 4 is 27.3 Å². The van der Waals surface area contributed by atoms with Crippen molar-refractivity contribution < 1.29 is 22.4 Å². The molecule has 1 fully saturated rings. The Balaban J connectivity index is 1.31. The Bertz CT molecular complexity index is 1160. The third-order valence-electron chi connectivity index (χ3n) is 5.55. The number of benzene rings is 1. The van der Waals surface area contributed by atoms with E-state index in [9.17, 15) is 13.2 Å². The maximum atomic E-state index is 12.9. The third kappa shape index (κ3) is 4.73. The maximum Gasteiger partial charge on any atom is 0.309 e. The second-order valence-electron chi connectivity index (χ2n) is 7.65. The Morgan fingerprint density at radius 3 is 2.68 bits per heavy atom. The van der Waals surface area contributed by atoms with E-state index < -0.39 is 10.0 Å². The number of rotatable bonds is 6. The summed E-state index contributed by atoms with van der Waals surface area (Å²) < 4.78 is 38.1. The Morgan fingerprint density at radius 1 is 1.23 bits per heavy atom. The number of hydrogen-bond donors (Lipinski definition) is 0. The van der Waals surface area contributed by atoms with Gasteiger partial charge in [-0.05, 0) is 61.4 Å². The minimum atomic E-state index is -3.56. The van der Waals surface area contributed by atoms with E-state index in [4.69, 9.17) is 9.15 Å². The number of ether oxygens (including phenoxy) is 1. The van der Waals surface area contributed by atoms with Crippen LogP contribution in [0.25, 0.3) is 10.8 Å². The van der Waals surface area contributed by atoms with Crippen LogP contribution in [0.3, 0.4) is 0 Å². The molecular formula is C22H24N2O5S2. The van der Waals surface area contributed by atoms with Crippen LogP contribution in [-0.4, -0.2) is 36.8 Å². The second kappa shape index (κ2) is 8.94. The van der Waals surface area contributed by atoms with E-state index in [-0.39, 0.29) is 18.5 Å². The van der Waals surface area contributed by atoms with Crippen LogP contribution in [0.15, 0.2) is 51.3 Å². The summed E-state index contributed by atoms with van der Waals surface area (Å²) >= 11 is 1.52. The molecule has 3 heterocycles. The first-order valence-corrected chi connectivity index (χ1v) is 12.4. The lowest BCUT2D eigenvalue weighted by Gasteiger charge is -2.30. The smallest absolute Gasteiger partial charge is 0.309 e. The molecule has 0 amide bonds. The van der Waals surface area contributed by atoms with Gasteiger partial charge in [-0.1, -0.05) is 12.1 Å². The number of sulfonamides is 1. The zero-order valence-corrected chi connectivity index (χ0v) is 19.0. The summed E-state index contributed by atoms with van der Waals surface area (Å²) in [6, 6.07) is 8.98. The van der Waals surface area contributed by atoms with Gasteiger partial charge >= 0.3 is 5.97 Å². The molecule has 1 aliphatic rings. The summed E-state index contributed by atoms with van der Waals surface area (Å²) in [7, 11) is -3.56. The van der Waals surface area contributed by atoms with E-state index in [1.54, 1.807) is 12.1 Å². The maximum absolute atomic E-state index is 12.9. The van der Waals surface area contributed by atoms with E-state index >= 15 is 0 Å². The number of thiophene rings is 1. The number of oxazole rings is 1. The van der Waals surface area contributed by atoms with Gasteiger partial charge in [0.25, 0.3) is 0 Å². The Morgan fingerprint density at radius 2 is 2.00 bits per heavy atom. The minimum absolute atomic E-state index is 0.0366. The van der Waals surface area contributed by atoms with Gasteiger partial charge in [-0.15, -0.1) is 11.3 Å². The predicted molar refractivity (Wildman–Crippen MR) is 117 cm³/mol. The molecule has 0 radical (unpaired) electrons. The Labute approximate surface area is 185 Å². The normalized spacial score (nSPS) is 15.8. The zero-order chi connectivity index (χ0) is 22.0. The van der Waals surface area contributed by atoms with Crippen LogP contribution >= 0.6 is 11.3 Å². The molecule has 1 aliphatic heterocycles. The van der Waals surface area contributed by atoms with Gasteiger partial charge in [0, 0.05) is 13.1 Å². The molecule has 0 aliphatic carbocycles. The van der Waals surface area contributed by atoms with Gasteiger partial charge in [0.1, 0.15) is 18.6 Å². The van der Waals surface area contributed by atoms with Crippen molar-refractivity contribution in [3.63, 3.8) is 0 Å². The van der Waals surface area contributed by atoms with Crippen LogP contribution in [0, 0.1) is 19.8 Å². The SMILES string of the molecule is Cc1ccc(S(=O)(=O)N2CCC(C(=O)OCc3coc(-c4cccs4)n3)CC2)cc1C. The highest BCUT2D eigenvalue weighted by Gasteiger charge is 2.33. The summed E-state index contributed by atoms with van der Waals surface area (Å²) in [6.07, 6.45) is 2.35. The minimum Gasteiger partial charge on any atom is -0.459 e. The fourth-order valence-electron chi connectivity index (χ4n) is 3.50. The molecular weight excluding hydrogens is 436 g/mol. The molecule has 1 aromatic carbocycles. The molecule has 0 unspecified atom stereocenters. The first kappa shape index (κ1) is 21.7. The molecule has 164 valence electrons. The number of carbonyl (C=O) groups is 1. The fourth-order valence-corrected chi connectivity index (χ4v) is 5.72. The molecule has 1 saturated heterocycles. The van der Waals surface area contributed by atoms with Crippen molar-refractivity contribution in [2.24, 2.45) is 5.92 Å². The molecule has 0 bridgehead atoms. The van der Waals surface area contributed by atoms with Crippen molar-refractivity contribution in [3.8, 4) is 10.8 Å². The van der Waals surface area contributed by atoms with Crippen LogP contribution in [0.5, 0.6) is 0 Å². The number of esters is 1. The van der Waals surface area contributed by atoms with Crippen LogP contribution in [0.2, 0.25) is 0 Å². The van der Waals surface area contributed by atoms with Gasteiger partial charge in [-0.25, -0.2) is 13.4 Å². The number of nitrogens with zero attached hydrogens (tertiary/aromatic N) is 2. The predicted octanol–water partition coefficient (Wildman–Crippen LogP) is 4.16. The van der Waals surface area contributed by atoms with Crippen molar-refractivity contribution in [2.45, 2.75) is 38.2 Å². The summed E-state index contributed by atoms with van der Waals surface area (Å²) in [5.74, 6) is -0.148. The van der Waals surface area contributed by atoms with E-state index in [1.807, 2.05) is 37.4 Å². The number of aryl methyl sites for hydroxylation is 2. The van der Waals surface area contributed by atoms with Crippen LogP contribution in [0.1, 0.15) is 29.7 Å². The Kier molecular flexibility index (Phi) is 6.27. The zero-order valence-electron chi connectivity index (χ0n) is 17.4. The van der Waals surface area contributed by atoms with Crippen LogP contribution in [0.4, 0.5) is 0 Å².